The number of hydrogen-bond acceptors (Lipinski definition) is 3. The van der Waals surface area contributed by atoms with Gasteiger partial charge in [0.05, 0.1) is 16.9 Å². The Morgan fingerprint density at radius 2 is 0.833 bits per heavy atom. The molecule has 1 aromatic heterocycles. The number of benzene rings is 6. The normalized spacial score (nSPS) is 12.2. The molecule has 0 unspecified atom stereocenters. The molecule has 0 saturated carbocycles. The Morgan fingerprint density at radius 1 is 0.389 bits per heavy atom. The molecule has 0 N–H and O–H groups in total. The van der Waals surface area contributed by atoms with Gasteiger partial charge in [0.15, 0.2) is 0 Å². The van der Waals surface area contributed by atoms with Crippen molar-refractivity contribution in [1.29, 1.82) is 0 Å². The maximum atomic E-state index is 4.81. The first-order valence-electron chi connectivity index (χ1n) is 19.1. The molecule has 3 heteroatoms. The van der Waals surface area contributed by atoms with Gasteiger partial charge in [0.2, 0.25) is 0 Å². The lowest BCUT2D eigenvalue weighted by Gasteiger charge is -2.35. The van der Waals surface area contributed by atoms with Gasteiger partial charge in [-0.05, 0) is 105 Å². The van der Waals surface area contributed by atoms with E-state index in [1.807, 2.05) is 12.3 Å². The molecule has 272 valence electrons. The number of nitrogens with zero attached hydrogens (tertiary/aromatic N) is 3. The van der Waals surface area contributed by atoms with E-state index in [0.29, 0.717) is 0 Å². The summed E-state index contributed by atoms with van der Waals surface area (Å²) in [4.78, 5) is 9.69. The highest BCUT2D eigenvalue weighted by Crippen LogP contribution is 2.51. The highest BCUT2D eigenvalue weighted by Gasteiger charge is 2.29. The van der Waals surface area contributed by atoms with Crippen molar-refractivity contribution in [3.63, 3.8) is 0 Å². The zero-order chi connectivity index (χ0) is 38.3. The summed E-state index contributed by atoms with van der Waals surface area (Å²) in [7, 11) is 0. The van der Waals surface area contributed by atoms with Crippen molar-refractivity contribution in [3.8, 4) is 11.1 Å². The van der Waals surface area contributed by atoms with E-state index in [9.17, 15) is 0 Å². The van der Waals surface area contributed by atoms with Crippen LogP contribution in [0.25, 0.3) is 22.0 Å². The molecule has 0 aliphatic heterocycles. The zero-order valence-corrected chi connectivity index (χ0v) is 33.4. The van der Waals surface area contributed by atoms with Gasteiger partial charge in [0.1, 0.15) is 0 Å². The molecule has 0 amide bonds. The number of aromatic nitrogens is 1. The smallest absolute Gasteiger partial charge is 0.0722 e. The molecule has 6 aromatic carbocycles. The Bertz CT molecular complexity index is 2360. The van der Waals surface area contributed by atoms with Crippen LogP contribution >= 0.6 is 0 Å². The van der Waals surface area contributed by atoms with Crippen LogP contribution < -0.4 is 9.80 Å². The Balaban J connectivity index is 1.60. The fourth-order valence-electron chi connectivity index (χ4n) is 7.14. The first kappa shape index (κ1) is 36.7. The molecule has 0 aliphatic carbocycles. The highest BCUT2D eigenvalue weighted by atomic mass is 15.2. The predicted molar refractivity (Wildman–Crippen MR) is 233 cm³/mol. The zero-order valence-electron chi connectivity index (χ0n) is 33.4. The van der Waals surface area contributed by atoms with E-state index >= 15 is 0 Å². The average molecular weight is 708 g/mol. The summed E-state index contributed by atoms with van der Waals surface area (Å²) in [6.45, 7) is 20.6. The molecule has 0 saturated heterocycles. The van der Waals surface area contributed by atoms with Crippen LogP contribution in [-0.4, -0.2) is 4.98 Å². The third kappa shape index (κ3) is 7.54. The van der Waals surface area contributed by atoms with Crippen molar-refractivity contribution in [3.05, 3.63) is 175 Å². The second-order valence-electron chi connectivity index (χ2n) is 17.5. The Morgan fingerprint density at radius 3 is 1.33 bits per heavy atom. The summed E-state index contributed by atoms with van der Waals surface area (Å²) in [6, 6.07) is 55.6. The summed E-state index contributed by atoms with van der Waals surface area (Å²) < 4.78 is 0. The SMILES string of the molecule is CC(C)(C)c1ccc(N(c2ccccc2)c2cc(C(C)(C)C)cc(N(c3ccc(C(C)(C)C)cc3)c3ccc4cccnc4c3)c2-c2ccccc2)cc1. The van der Waals surface area contributed by atoms with Gasteiger partial charge in [-0.15, -0.1) is 0 Å². The van der Waals surface area contributed by atoms with Crippen molar-refractivity contribution in [2.24, 2.45) is 0 Å². The third-order valence-electron chi connectivity index (χ3n) is 10.4. The third-order valence-corrected chi connectivity index (χ3v) is 10.4. The Kier molecular flexibility index (Phi) is 9.70. The number of pyridine rings is 1. The minimum absolute atomic E-state index is 0.0312. The fourth-order valence-corrected chi connectivity index (χ4v) is 7.14. The summed E-state index contributed by atoms with van der Waals surface area (Å²) in [6.07, 6.45) is 1.88. The summed E-state index contributed by atoms with van der Waals surface area (Å²) in [5, 5.41) is 1.12. The molecular formula is C51H53N3. The van der Waals surface area contributed by atoms with Crippen molar-refractivity contribution in [1.82, 2.24) is 4.98 Å². The first-order valence-corrected chi connectivity index (χ1v) is 19.1. The van der Waals surface area contributed by atoms with Crippen LogP contribution in [0, 0.1) is 0 Å². The highest BCUT2D eigenvalue weighted by molar-refractivity contribution is 6.00. The van der Waals surface area contributed by atoms with Crippen molar-refractivity contribution in [2.45, 2.75) is 78.6 Å². The van der Waals surface area contributed by atoms with Crippen LogP contribution in [0.1, 0.15) is 79.0 Å². The van der Waals surface area contributed by atoms with Crippen molar-refractivity contribution in [2.75, 3.05) is 9.80 Å². The molecule has 7 aromatic rings. The monoisotopic (exact) mass is 707 g/mol. The van der Waals surface area contributed by atoms with Gasteiger partial charge >= 0.3 is 0 Å². The number of anilines is 6. The van der Waals surface area contributed by atoms with Gasteiger partial charge in [-0.1, -0.05) is 147 Å². The fraction of sp³-hybridized carbons (Fsp3) is 0.235. The van der Waals surface area contributed by atoms with Crippen molar-refractivity contribution < 1.29 is 0 Å². The second-order valence-corrected chi connectivity index (χ2v) is 17.5. The molecule has 0 fully saturated rings. The molecular weight excluding hydrogens is 655 g/mol. The summed E-state index contributed by atoms with van der Waals surface area (Å²) >= 11 is 0. The molecule has 54 heavy (non-hydrogen) atoms. The van der Waals surface area contributed by atoms with Crippen LogP contribution in [-0.2, 0) is 16.2 Å². The molecule has 3 nitrogen and oxygen atoms in total. The summed E-state index contributed by atoms with van der Waals surface area (Å²) in [5.74, 6) is 0. The van der Waals surface area contributed by atoms with Gasteiger partial charge < -0.3 is 9.80 Å². The standard InChI is InChI=1S/C51H53N3/c1-49(2,3)38-23-28-42(29-24-38)53(41-20-14-11-15-21-41)46-33-40(51(7,8)9)34-47(48(46)37-17-12-10-13-18-37)54(43-30-25-39(26-31-43)50(4,5)6)44-27-22-36-19-16-32-52-45(36)35-44/h10-35H,1-9H3. The van der Waals surface area contributed by atoms with E-state index in [0.717, 1.165) is 56.2 Å². The van der Waals surface area contributed by atoms with Crippen LogP contribution in [0.3, 0.4) is 0 Å². The molecule has 0 bridgehead atoms. The predicted octanol–water partition coefficient (Wildman–Crippen LogP) is 14.7. The Labute approximate surface area is 323 Å². The molecule has 0 aliphatic rings. The molecule has 0 atom stereocenters. The second kappa shape index (κ2) is 14.3. The van der Waals surface area contributed by atoms with Crippen LogP contribution in [0.2, 0.25) is 0 Å². The first-order chi connectivity index (χ1) is 25.7. The Hall–Kier alpha value is -5.67. The van der Waals surface area contributed by atoms with E-state index in [4.69, 9.17) is 4.98 Å². The lowest BCUT2D eigenvalue weighted by molar-refractivity contribution is 0.589. The van der Waals surface area contributed by atoms with E-state index in [1.54, 1.807) is 0 Å². The largest absolute Gasteiger partial charge is 0.310 e. The van der Waals surface area contributed by atoms with Gasteiger partial charge in [0, 0.05) is 39.9 Å². The van der Waals surface area contributed by atoms with E-state index in [1.165, 1.54) is 16.7 Å². The van der Waals surface area contributed by atoms with Gasteiger partial charge in [-0.2, -0.15) is 0 Å². The number of fused-ring (bicyclic) bond motifs is 1. The maximum Gasteiger partial charge on any atom is 0.0722 e. The molecule has 1 heterocycles. The van der Waals surface area contributed by atoms with E-state index < -0.39 is 0 Å². The molecule has 0 spiro atoms. The minimum atomic E-state index is -0.149. The van der Waals surface area contributed by atoms with E-state index in [-0.39, 0.29) is 16.2 Å². The van der Waals surface area contributed by atoms with E-state index in [2.05, 4.69) is 218 Å². The molecule has 0 radical (unpaired) electrons. The van der Waals surface area contributed by atoms with Crippen LogP contribution in [0.4, 0.5) is 34.1 Å². The molecule has 7 rings (SSSR count). The number of hydrogen-bond donors (Lipinski definition) is 0. The lowest BCUT2D eigenvalue weighted by Crippen LogP contribution is -2.20. The number of rotatable bonds is 7. The maximum absolute atomic E-state index is 4.81. The van der Waals surface area contributed by atoms with Crippen LogP contribution in [0.5, 0.6) is 0 Å². The van der Waals surface area contributed by atoms with Gasteiger partial charge in [-0.25, -0.2) is 0 Å². The van der Waals surface area contributed by atoms with Crippen LogP contribution in [0.15, 0.2) is 158 Å². The van der Waals surface area contributed by atoms with Gasteiger partial charge in [0.25, 0.3) is 0 Å². The lowest BCUT2D eigenvalue weighted by atomic mass is 9.83. The van der Waals surface area contributed by atoms with Crippen molar-refractivity contribution >= 4 is 45.0 Å². The average Bonchev–Trinajstić information content (AvgIpc) is 3.15. The van der Waals surface area contributed by atoms with Gasteiger partial charge in [-0.3, -0.25) is 4.98 Å². The number of para-hydroxylation sites is 1. The minimum Gasteiger partial charge on any atom is -0.310 e. The summed E-state index contributed by atoms with van der Waals surface area (Å²) in [5.41, 5.74) is 13.6. The quantitative estimate of drug-likeness (QED) is 0.164. The topological polar surface area (TPSA) is 19.4 Å².